The Morgan fingerprint density at radius 1 is 0.960 bits per heavy atom. The number of carbonyl (C=O) groups excluding carboxylic acids is 1. The fourth-order valence-electron chi connectivity index (χ4n) is 2.66. The quantitative estimate of drug-likeness (QED) is 0.515. The van der Waals surface area contributed by atoms with Gasteiger partial charge in [-0.1, -0.05) is 52.3 Å². The van der Waals surface area contributed by atoms with Crippen LogP contribution in [0.1, 0.15) is 28.4 Å². The Balaban J connectivity index is 1.83. The zero-order valence-corrected chi connectivity index (χ0v) is 15.0. The summed E-state index contributed by atoms with van der Waals surface area (Å²) in [6.07, 6.45) is 0.280. The largest absolute Gasteiger partial charge is 0.378 e. The van der Waals surface area contributed by atoms with E-state index in [1.807, 2.05) is 54.6 Å². The minimum atomic E-state index is -0.344. The Hall–Kier alpha value is -2.46. The van der Waals surface area contributed by atoms with Gasteiger partial charge in [0.15, 0.2) is 5.78 Å². The van der Waals surface area contributed by atoms with Crippen molar-refractivity contribution in [3.63, 3.8) is 0 Å². The number of nitrogens with one attached hydrogen (secondary N) is 1. The predicted molar refractivity (Wildman–Crippen MR) is 102 cm³/mol. The first kappa shape index (κ1) is 17.4. The van der Waals surface area contributed by atoms with Crippen LogP contribution in [-0.2, 0) is 0 Å². The number of Topliss-reactive ketones (excluding diaryl/α,β-unsaturated/α-hetero) is 1. The number of benzene rings is 3. The molecule has 3 rings (SSSR count). The summed E-state index contributed by atoms with van der Waals surface area (Å²) in [5.74, 6) is -0.375. The second-order valence-corrected chi connectivity index (χ2v) is 6.67. The summed E-state index contributed by atoms with van der Waals surface area (Å²) < 4.78 is 14.0. The lowest BCUT2D eigenvalue weighted by atomic mass is 9.97. The standard InChI is InChI=1S/C21H17BrFNO/c22-17-7-4-8-19(13-17)24-20(15-5-2-1-3-6-15)14-21(25)16-9-11-18(23)12-10-16/h1-13,20,24H,14H2/t20-/m1/s1. The number of anilines is 1. The maximum absolute atomic E-state index is 13.1. The number of rotatable bonds is 6. The summed E-state index contributed by atoms with van der Waals surface area (Å²) in [4.78, 5) is 12.6. The first-order chi connectivity index (χ1) is 12.1. The number of ketones is 1. The molecule has 0 radical (unpaired) electrons. The highest BCUT2D eigenvalue weighted by atomic mass is 79.9. The summed E-state index contributed by atoms with van der Waals surface area (Å²) in [6, 6.07) is 23.2. The summed E-state index contributed by atoms with van der Waals surface area (Å²) >= 11 is 3.46. The van der Waals surface area contributed by atoms with Crippen LogP contribution in [0.3, 0.4) is 0 Å². The van der Waals surface area contributed by atoms with E-state index in [1.54, 1.807) is 0 Å². The van der Waals surface area contributed by atoms with Crippen LogP contribution in [0, 0.1) is 5.82 Å². The van der Waals surface area contributed by atoms with E-state index >= 15 is 0 Å². The van der Waals surface area contributed by atoms with Crippen molar-refractivity contribution in [3.8, 4) is 0 Å². The molecule has 0 saturated heterocycles. The van der Waals surface area contributed by atoms with E-state index in [0.29, 0.717) is 5.56 Å². The first-order valence-corrected chi connectivity index (χ1v) is 8.77. The molecule has 3 aromatic carbocycles. The molecule has 0 unspecified atom stereocenters. The molecule has 25 heavy (non-hydrogen) atoms. The van der Waals surface area contributed by atoms with Gasteiger partial charge >= 0.3 is 0 Å². The van der Waals surface area contributed by atoms with E-state index in [-0.39, 0.29) is 24.1 Å². The summed E-state index contributed by atoms with van der Waals surface area (Å²) in [5, 5.41) is 3.42. The molecule has 4 heteroatoms. The highest BCUT2D eigenvalue weighted by molar-refractivity contribution is 9.10. The van der Waals surface area contributed by atoms with Gasteiger partial charge in [0.05, 0.1) is 6.04 Å². The van der Waals surface area contributed by atoms with Crippen LogP contribution in [-0.4, -0.2) is 5.78 Å². The summed E-state index contributed by atoms with van der Waals surface area (Å²) in [6.45, 7) is 0. The molecular weight excluding hydrogens is 381 g/mol. The van der Waals surface area contributed by atoms with Gasteiger partial charge in [0.25, 0.3) is 0 Å². The van der Waals surface area contributed by atoms with E-state index in [9.17, 15) is 9.18 Å². The predicted octanol–water partition coefficient (Wildman–Crippen LogP) is 6.01. The lowest BCUT2D eigenvalue weighted by Crippen LogP contribution is -2.15. The van der Waals surface area contributed by atoms with Gasteiger partial charge in [-0.05, 0) is 48.0 Å². The molecule has 0 amide bonds. The van der Waals surface area contributed by atoms with Crippen molar-refractivity contribution in [2.45, 2.75) is 12.5 Å². The van der Waals surface area contributed by atoms with Crippen molar-refractivity contribution in [3.05, 3.63) is 100 Å². The summed E-state index contributed by atoms with van der Waals surface area (Å²) in [7, 11) is 0. The Labute approximate surface area is 154 Å². The molecule has 2 nitrogen and oxygen atoms in total. The maximum atomic E-state index is 13.1. The highest BCUT2D eigenvalue weighted by Gasteiger charge is 2.17. The number of hydrogen-bond donors (Lipinski definition) is 1. The number of carbonyl (C=O) groups is 1. The SMILES string of the molecule is O=C(C[C@@H](Nc1cccc(Br)c1)c1ccccc1)c1ccc(F)cc1. The van der Waals surface area contributed by atoms with Gasteiger partial charge in [0, 0.05) is 22.1 Å². The monoisotopic (exact) mass is 397 g/mol. The van der Waals surface area contributed by atoms with E-state index < -0.39 is 0 Å². The van der Waals surface area contributed by atoms with E-state index in [1.165, 1.54) is 24.3 Å². The molecule has 0 heterocycles. The third kappa shape index (κ3) is 4.77. The van der Waals surface area contributed by atoms with Gasteiger partial charge < -0.3 is 5.32 Å². The van der Waals surface area contributed by atoms with Crippen molar-refractivity contribution >= 4 is 27.4 Å². The van der Waals surface area contributed by atoms with Crippen LogP contribution in [0.25, 0.3) is 0 Å². The van der Waals surface area contributed by atoms with Crippen LogP contribution < -0.4 is 5.32 Å². The van der Waals surface area contributed by atoms with Crippen molar-refractivity contribution in [1.82, 2.24) is 0 Å². The normalized spacial score (nSPS) is 11.8. The molecule has 0 aliphatic rings. The van der Waals surface area contributed by atoms with Crippen molar-refractivity contribution in [2.24, 2.45) is 0 Å². The average Bonchev–Trinajstić information content (AvgIpc) is 2.62. The molecule has 0 aromatic heterocycles. The minimum Gasteiger partial charge on any atom is -0.378 e. The van der Waals surface area contributed by atoms with Crippen molar-refractivity contribution in [1.29, 1.82) is 0 Å². The third-order valence-electron chi connectivity index (χ3n) is 3.92. The van der Waals surface area contributed by atoms with Gasteiger partial charge in [-0.25, -0.2) is 4.39 Å². The molecule has 0 fully saturated rings. The van der Waals surface area contributed by atoms with E-state index in [4.69, 9.17) is 0 Å². The molecule has 1 atom stereocenters. The minimum absolute atomic E-state index is 0.0312. The van der Waals surface area contributed by atoms with Crippen LogP contribution in [0.2, 0.25) is 0 Å². The zero-order valence-electron chi connectivity index (χ0n) is 13.5. The fourth-order valence-corrected chi connectivity index (χ4v) is 3.06. The lowest BCUT2D eigenvalue weighted by Gasteiger charge is -2.20. The Morgan fingerprint density at radius 2 is 1.68 bits per heavy atom. The maximum Gasteiger partial charge on any atom is 0.165 e. The van der Waals surface area contributed by atoms with Crippen molar-refractivity contribution < 1.29 is 9.18 Å². The molecule has 1 N–H and O–H groups in total. The number of halogens is 2. The molecule has 0 spiro atoms. The van der Waals surface area contributed by atoms with Gasteiger partial charge in [-0.15, -0.1) is 0 Å². The van der Waals surface area contributed by atoms with Crippen LogP contribution in [0.15, 0.2) is 83.3 Å². The summed E-state index contributed by atoms with van der Waals surface area (Å²) in [5.41, 5.74) is 2.46. The number of hydrogen-bond acceptors (Lipinski definition) is 2. The van der Waals surface area contributed by atoms with E-state index in [0.717, 1.165) is 15.7 Å². The Kier molecular flexibility index (Phi) is 5.61. The Bertz CT molecular complexity index is 849. The second-order valence-electron chi connectivity index (χ2n) is 5.75. The smallest absolute Gasteiger partial charge is 0.165 e. The fraction of sp³-hybridized carbons (Fsp3) is 0.0952. The van der Waals surface area contributed by atoms with Crippen LogP contribution >= 0.6 is 15.9 Å². The topological polar surface area (TPSA) is 29.1 Å². The Morgan fingerprint density at radius 3 is 2.36 bits per heavy atom. The molecule has 0 aliphatic heterocycles. The van der Waals surface area contributed by atoms with Crippen LogP contribution in [0.5, 0.6) is 0 Å². The second kappa shape index (κ2) is 8.08. The lowest BCUT2D eigenvalue weighted by molar-refractivity contribution is 0.0976. The van der Waals surface area contributed by atoms with E-state index in [2.05, 4.69) is 21.2 Å². The third-order valence-corrected chi connectivity index (χ3v) is 4.42. The van der Waals surface area contributed by atoms with Gasteiger partial charge in [-0.2, -0.15) is 0 Å². The van der Waals surface area contributed by atoms with Gasteiger partial charge in [0.1, 0.15) is 5.82 Å². The molecule has 126 valence electrons. The van der Waals surface area contributed by atoms with Gasteiger partial charge in [-0.3, -0.25) is 4.79 Å². The highest BCUT2D eigenvalue weighted by Crippen LogP contribution is 2.26. The van der Waals surface area contributed by atoms with Crippen LogP contribution in [0.4, 0.5) is 10.1 Å². The molecule has 0 bridgehead atoms. The zero-order chi connectivity index (χ0) is 17.6. The molecule has 0 aliphatic carbocycles. The molecular formula is C21H17BrFNO. The van der Waals surface area contributed by atoms with Crippen molar-refractivity contribution in [2.75, 3.05) is 5.32 Å². The first-order valence-electron chi connectivity index (χ1n) is 7.97. The molecule has 0 saturated carbocycles. The van der Waals surface area contributed by atoms with Gasteiger partial charge in [0.2, 0.25) is 0 Å². The molecule has 3 aromatic rings. The average molecular weight is 398 g/mol.